The van der Waals surface area contributed by atoms with Crippen molar-refractivity contribution in [3.8, 4) is 0 Å². The zero-order valence-corrected chi connectivity index (χ0v) is 8.71. The molecule has 3 heterocycles. The van der Waals surface area contributed by atoms with E-state index in [0.717, 1.165) is 5.56 Å². The minimum atomic E-state index is -0.242. The fraction of sp³-hybridized carbons (Fsp3) is 0.100. The number of fused-ring (bicyclic) bond motifs is 1. The van der Waals surface area contributed by atoms with E-state index in [2.05, 4.69) is 30.4 Å². The predicted molar refractivity (Wildman–Crippen MR) is 59.3 cm³/mol. The zero-order chi connectivity index (χ0) is 11.7. The van der Waals surface area contributed by atoms with Gasteiger partial charge >= 0.3 is 0 Å². The second kappa shape index (κ2) is 3.78. The van der Waals surface area contributed by atoms with Gasteiger partial charge in [-0.05, 0) is 11.6 Å². The van der Waals surface area contributed by atoms with E-state index in [1.54, 1.807) is 18.6 Å². The normalized spacial score (nSPS) is 10.8. The molecule has 0 unspecified atom stereocenters. The Morgan fingerprint density at radius 1 is 1.29 bits per heavy atom. The van der Waals surface area contributed by atoms with E-state index in [0.29, 0.717) is 23.3 Å². The lowest BCUT2D eigenvalue weighted by molar-refractivity contribution is 0.937. The van der Waals surface area contributed by atoms with Crippen molar-refractivity contribution < 1.29 is 0 Å². The van der Waals surface area contributed by atoms with Gasteiger partial charge in [-0.25, -0.2) is 4.98 Å². The number of aromatic nitrogens is 6. The summed E-state index contributed by atoms with van der Waals surface area (Å²) in [4.78, 5) is 18.6. The van der Waals surface area contributed by atoms with Crippen molar-refractivity contribution in [1.29, 1.82) is 0 Å². The summed E-state index contributed by atoms with van der Waals surface area (Å²) >= 11 is 0. The topological polar surface area (TPSA) is 100 Å². The van der Waals surface area contributed by atoms with Gasteiger partial charge in [0.2, 0.25) is 0 Å². The van der Waals surface area contributed by atoms with E-state index < -0.39 is 0 Å². The standard InChI is InChI=1S/C10H8N6O/c17-10-9-7(5-13-16-9)14-8(15-10)3-6-1-2-11-12-4-6/h1-2,4-5H,3H2,(H,13,16)(H,14,15,17). The Hall–Kier alpha value is -2.57. The molecule has 0 amide bonds. The molecule has 0 atom stereocenters. The second-order valence-electron chi connectivity index (χ2n) is 3.56. The predicted octanol–water partition coefficient (Wildman–Crippen LogP) is 0.0270. The third kappa shape index (κ3) is 1.78. The van der Waals surface area contributed by atoms with E-state index >= 15 is 0 Å². The average Bonchev–Trinajstić information content (AvgIpc) is 2.79. The Morgan fingerprint density at radius 2 is 2.24 bits per heavy atom. The maximum atomic E-state index is 11.6. The smallest absolute Gasteiger partial charge is 0.279 e. The van der Waals surface area contributed by atoms with Crippen LogP contribution in [0.4, 0.5) is 0 Å². The van der Waals surface area contributed by atoms with Crippen LogP contribution >= 0.6 is 0 Å². The van der Waals surface area contributed by atoms with Crippen LogP contribution in [0, 0.1) is 0 Å². The molecule has 0 aliphatic rings. The molecule has 0 spiro atoms. The molecular formula is C10H8N6O. The monoisotopic (exact) mass is 228 g/mol. The highest BCUT2D eigenvalue weighted by Gasteiger charge is 2.06. The Labute approximate surface area is 94.9 Å². The van der Waals surface area contributed by atoms with Crippen LogP contribution in [0.3, 0.4) is 0 Å². The van der Waals surface area contributed by atoms with Gasteiger partial charge in [0.25, 0.3) is 5.56 Å². The molecule has 0 aliphatic heterocycles. The largest absolute Gasteiger partial charge is 0.308 e. The van der Waals surface area contributed by atoms with Gasteiger partial charge in [0.05, 0.1) is 6.20 Å². The summed E-state index contributed by atoms with van der Waals surface area (Å²) in [6, 6.07) is 1.83. The summed E-state index contributed by atoms with van der Waals surface area (Å²) in [5.41, 5.74) is 1.58. The molecule has 0 aliphatic carbocycles. The highest BCUT2D eigenvalue weighted by atomic mass is 16.1. The first-order valence-electron chi connectivity index (χ1n) is 5.01. The number of H-pyrrole nitrogens is 2. The molecule has 0 fully saturated rings. The Morgan fingerprint density at radius 3 is 3.06 bits per heavy atom. The van der Waals surface area contributed by atoms with E-state index in [1.165, 1.54) is 0 Å². The van der Waals surface area contributed by atoms with Crippen LogP contribution in [0.25, 0.3) is 11.0 Å². The third-order valence-electron chi connectivity index (χ3n) is 2.37. The van der Waals surface area contributed by atoms with Crippen LogP contribution < -0.4 is 5.56 Å². The van der Waals surface area contributed by atoms with Gasteiger partial charge in [-0.2, -0.15) is 15.3 Å². The van der Waals surface area contributed by atoms with E-state index in [4.69, 9.17) is 0 Å². The summed E-state index contributed by atoms with van der Waals surface area (Å²) in [5.74, 6) is 0.580. The van der Waals surface area contributed by atoms with Gasteiger partial charge in [0.1, 0.15) is 11.3 Å². The van der Waals surface area contributed by atoms with Gasteiger partial charge < -0.3 is 4.98 Å². The molecule has 7 heteroatoms. The molecule has 0 bridgehead atoms. The first kappa shape index (κ1) is 9.64. The lowest BCUT2D eigenvalue weighted by atomic mass is 10.2. The van der Waals surface area contributed by atoms with Gasteiger partial charge in [0, 0.05) is 18.8 Å². The number of aromatic amines is 2. The van der Waals surface area contributed by atoms with Gasteiger partial charge in [0.15, 0.2) is 5.52 Å². The summed E-state index contributed by atoms with van der Waals surface area (Å²) in [5, 5.41) is 13.9. The van der Waals surface area contributed by atoms with Crippen LogP contribution in [0.15, 0.2) is 29.5 Å². The summed E-state index contributed by atoms with van der Waals surface area (Å²) < 4.78 is 0. The molecule has 0 radical (unpaired) electrons. The highest BCUT2D eigenvalue weighted by molar-refractivity contribution is 5.71. The lowest BCUT2D eigenvalue weighted by Crippen LogP contribution is -2.12. The molecule has 3 aromatic rings. The lowest BCUT2D eigenvalue weighted by Gasteiger charge is -1.99. The van der Waals surface area contributed by atoms with Gasteiger partial charge in [-0.3, -0.25) is 9.89 Å². The second-order valence-corrected chi connectivity index (χ2v) is 3.56. The van der Waals surface area contributed by atoms with Crippen LogP contribution in [0.1, 0.15) is 11.4 Å². The minimum absolute atomic E-state index is 0.242. The number of hydrogen-bond acceptors (Lipinski definition) is 5. The van der Waals surface area contributed by atoms with Crippen LogP contribution in [0.5, 0.6) is 0 Å². The molecule has 3 aromatic heterocycles. The molecule has 3 rings (SSSR count). The molecule has 0 saturated carbocycles. The molecule has 0 aromatic carbocycles. The zero-order valence-electron chi connectivity index (χ0n) is 8.71. The van der Waals surface area contributed by atoms with Crippen molar-refractivity contribution in [2.24, 2.45) is 0 Å². The van der Waals surface area contributed by atoms with Gasteiger partial charge in [-0.1, -0.05) is 0 Å². The van der Waals surface area contributed by atoms with Gasteiger partial charge in [-0.15, -0.1) is 0 Å². The van der Waals surface area contributed by atoms with Crippen LogP contribution in [0.2, 0.25) is 0 Å². The van der Waals surface area contributed by atoms with E-state index in [1.807, 2.05) is 6.07 Å². The fourth-order valence-electron chi connectivity index (χ4n) is 1.60. The SMILES string of the molecule is O=c1[nH]c(Cc2ccnnc2)nc2c[nH]nc12. The first-order chi connectivity index (χ1) is 8.33. The molecular weight excluding hydrogens is 220 g/mol. The average molecular weight is 228 g/mol. The van der Waals surface area contributed by atoms with Crippen LogP contribution in [-0.2, 0) is 6.42 Å². The van der Waals surface area contributed by atoms with Crippen molar-refractivity contribution >= 4 is 11.0 Å². The number of rotatable bonds is 2. The maximum absolute atomic E-state index is 11.6. The molecule has 7 nitrogen and oxygen atoms in total. The minimum Gasteiger partial charge on any atom is -0.308 e. The maximum Gasteiger partial charge on any atom is 0.279 e. The van der Waals surface area contributed by atoms with Crippen LogP contribution in [-0.4, -0.2) is 30.4 Å². The molecule has 2 N–H and O–H groups in total. The van der Waals surface area contributed by atoms with Crippen molar-refractivity contribution in [1.82, 2.24) is 30.4 Å². The van der Waals surface area contributed by atoms with E-state index in [9.17, 15) is 4.79 Å². The van der Waals surface area contributed by atoms with Crippen molar-refractivity contribution in [3.63, 3.8) is 0 Å². The van der Waals surface area contributed by atoms with Crippen molar-refractivity contribution in [3.05, 3.63) is 46.4 Å². The number of hydrogen-bond donors (Lipinski definition) is 2. The Kier molecular flexibility index (Phi) is 2.14. The number of nitrogens with one attached hydrogen (secondary N) is 2. The Bertz CT molecular complexity index is 701. The van der Waals surface area contributed by atoms with E-state index in [-0.39, 0.29) is 5.56 Å². The Balaban J connectivity index is 2.04. The quantitative estimate of drug-likeness (QED) is 0.644. The fourth-order valence-corrected chi connectivity index (χ4v) is 1.60. The summed E-state index contributed by atoms with van der Waals surface area (Å²) in [7, 11) is 0. The molecule has 84 valence electrons. The highest BCUT2D eigenvalue weighted by Crippen LogP contribution is 2.05. The first-order valence-corrected chi connectivity index (χ1v) is 5.01. The summed E-state index contributed by atoms with van der Waals surface area (Å²) in [6.45, 7) is 0. The molecule has 17 heavy (non-hydrogen) atoms. The summed E-state index contributed by atoms with van der Waals surface area (Å²) in [6.07, 6.45) is 5.34. The van der Waals surface area contributed by atoms with Crippen molar-refractivity contribution in [2.45, 2.75) is 6.42 Å². The molecule has 0 saturated heterocycles. The van der Waals surface area contributed by atoms with Crippen molar-refractivity contribution in [2.75, 3.05) is 0 Å². The number of nitrogens with zero attached hydrogens (tertiary/aromatic N) is 4. The third-order valence-corrected chi connectivity index (χ3v) is 2.37.